The molecular formula is C16H28N2O5S. The Hall–Kier alpha value is -1.28. The Morgan fingerprint density at radius 1 is 1.38 bits per heavy atom. The third kappa shape index (κ3) is 5.98. The minimum absolute atomic E-state index is 0.0427. The van der Waals surface area contributed by atoms with E-state index in [0.29, 0.717) is 44.2 Å². The summed E-state index contributed by atoms with van der Waals surface area (Å²) in [7, 11) is 0. The molecule has 8 heteroatoms. The smallest absolute Gasteiger partial charge is 0.308 e. The number of amides is 2. The number of aliphatic carboxylic acids is 1. The first-order chi connectivity index (χ1) is 11.4. The van der Waals surface area contributed by atoms with E-state index in [2.05, 4.69) is 0 Å². The van der Waals surface area contributed by atoms with Crippen molar-refractivity contribution >= 4 is 29.5 Å². The molecule has 7 nitrogen and oxygen atoms in total. The number of hydrogen-bond acceptors (Lipinski definition) is 5. The minimum atomic E-state index is -0.931. The van der Waals surface area contributed by atoms with Gasteiger partial charge in [-0.2, -0.15) is 0 Å². The quantitative estimate of drug-likeness (QED) is 0.591. The van der Waals surface area contributed by atoms with Crippen molar-refractivity contribution in [2.24, 2.45) is 5.92 Å². The van der Waals surface area contributed by atoms with Gasteiger partial charge in [0.25, 0.3) is 0 Å². The van der Waals surface area contributed by atoms with Crippen LogP contribution in [-0.2, 0) is 19.1 Å². The molecule has 0 bridgehead atoms. The molecule has 0 aromatic rings. The van der Waals surface area contributed by atoms with E-state index in [4.69, 9.17) is 9.84 Å². The van der Waals surface area contributed by atoms with Gasteiger partial charge in [-0.25, -0.2) is 0 Å². The van der Waals surface area contributed by atoms with Crippen LogP contribution in [-0.4, -0.2) is 76.7 Å². The van der Waals surface area contributed by atoms with E-state index < -0.39 is 17.9 Å². The summed E-state index contributed by atoms with van der Waals surface area (Å²) in [6.07, 6.45) is 1.01. The zero-order chi connectivity index (χ0) is 18.1. The molecule has 2 amide bonds. The third-order valence-corrected chi connectivity index (χ3v) is 4.95. The van der Waals surface area contributed by atoms with Crippen LogP contribution in [0.25, 0.3) is 0 Å². The van der Waals surface area contributed by atoms with Crippen LogP contribution in [0.4, 0.5) is 0 Å². The van der Waals surface area contributed by atoms with Crippen molar-refractivity contribution in [1.29, 1.82) is 0 Å². The van der Waals surface area contributed by atoms with Crippen molar-refractivity contribution in [3.63, 3.8) is 0 Å². The Labute approximate surface area is 147 Å². The average Bonchev–Trinajstić information content (AvgIpc) is 3.05. The highest BCUT2D eigenvalue weighted by Gasteiger charge is 2.37. The van der Waals surface area contributed by atoms with Gasteiger partial charge in [-0.3, -0.25) is 14.4 Å². The first-order valence-electron chi connectivity index (χ1n) is 8.38. The number of carboxylic acids is 1. The normalized spacial score (nSPS) is 18.5. The second-order valence-electron chi connectivity index (χ2n) is 5.81. The molecule has 24 heavy (non-hydrogen) atoms. The van der Waals surface area contributed by atoms with Gasteiger partial charge in [0.15, 0.2) is 0 Å². The Morgan fingerprint density at radius 2 is 2.08 bits per heavy atom. The Kier molecular flexibility index (Phi) is 9.13. The molecule has 0 radical (unpaired) electrons. The van der Waals surface area contributed by atoms with Gasteiger partial charge in [0.05, 0.1) is 11.8 Å². The predicted octanol–water partition coefficient (Wildman–Crippen LogP) is 1.27. The van der Waals surface area contributed by atoms with E-state index in [1.165, 1.54) is 0 Å². The van der Waals surface area contributed by atoms with Crippen LogP contribution in [0.2, 0.25) is 0 Å². The van der Waals surface area contributed by atoms with Gasteiger partial charge in [0, 0.05) is 38.5 Å². The molecule has 1 aliphatic rings. The second-order valence-corrected chi connectivity index (χ2v) is 6.81. The molecule has 1 heterocycles. The van der Waals surface area contributed by atoms with Crippen molar-refractivity contribution in [2.75, 3.05) is 37.9 Å². The Morgan fingerprint density at radius 3 is 2.67 bits per heavy atom. The van der Waals surface area contributed by atoms with Crippen molar-refractivity contribution in [3.05, 3.63) is 0 Å². The number of carbonyl (C=O) groups excluding carboxylic acids is 2. The summed E-state index contributed by atoms with van der Waals surface area (Å²) in [5.41, 5.74) is 0. The van der Waals surface area contributed by atoms with Gasteiger partial charge in [0.1, 0.15) is 6.04 Å². The summed E-state index contributed by atoms with van der Waals surface area (Å²) in [6.45, 7) is 6.99. The number of hydrogen-bond donors (Lipinski definition) is 1. The summed E-state index contributed by atoms with van der Waals surface area (Å²) < 4.78 is 5.30. The molecule has 2 unspecified atom stereocenters. The van der Waals surface area contributed by atoms with Crippen LogP contribution < -0.4 is 0 Å². The highest BCUT2D eigenvalue weighted by Crippen LogP contribution is 2.23. The summed E-state index contributed by atoms with van der Waals surface area (Å²) in [5.74, 6) is -0.700. The van der Waals surface area contributed by atoms with E-state index in [-0.39, 0.29) is 18.4 Å². The number of carbonyl (C=O) groups is 3. The first-order valence-corrected chi connectivity index (χ1v) is 9.54. The maximum atomic E-state index is 12.9. The summed E-state index contributed by atoms with van der Waals surface area (Å²) >= 11 is 1.55. The molecule has 0 saturated carbocycles. The second kappa shape index (κ2) is 10.6. The van der Waals surface area contributed by atoms with Crippen LogP contribution in [0.3, 0.4) is 0 Å². The van der Waals surface area contributed by atoms with Crippen molar-refractivity contribution in [2.45, 2.75) is 39.7 Å². The highest BCUT2D eigenvalue weighted by molar-refractivity contribution is 7.99. The SMILES string of the molecule is CCOCCCN(CC(C)C(=O)O)C(=O)C1CSCN1C(=O)CC. The monoisotopic (exact) mass is 360 g/mol. The fraction of sp³-hybridized carbons (Fsp3) is 0.812. The number of ether oxygens (including phenoxy) is 1. The summed E-state index contributed by atoms with van der Waals surface area (Å²) in [5, 5.41) is 9.13. The average molecular weight is 360 g/mol. The molecule has 1 fully saturated rings. The van der Waals surface area contributed by atoms with E-state index in [1.807, 2.05) is 6.92 Å². The topological polar surface area (TPSA) is 87.2 Å². The molecule has 0 spiro atoms. The lowest BCUT2D eigenvalue weighted by atomic mass is 10.1. The number of carboxylic acid groups (broad SMARTS) is 1. The molecule has 1 aliphatic heterocycles. The lowest BCUT2D eigenvalue weighted by molar-refractivity contribution is -0.147. The van der Waals surface area contributed by atoms with Gasteiger partial charge >= 0.3 is 5.97 Å². The predicted molar refractivity (Wildman–Crippen MR) is 92.7 cm³/mol. The van der Waals surface area contributed by atoms with Crippen LogP contribution in [0, 0.1) is 5.92 Å². The lowest BCUT2D eigenvalue weighted by Crippen LogP contribution is -2.50. The maximum absolute atomic E-state index is 12.9. The maximum Gasteiger partial charge on any atom is 0.308 e. The van der Waals surface area contributed by atoms with E-state index >= 15 is 0 Å². The molecular weight excluding hydrogens is 332 g/mol. The molecule has 138 valence electrons. The van der Waals surface area contributed by atoms with Crippen molar-refractivity contribution in [1.82, 2.24) is 9.80 Å². The molecule has 0 aromatic carbocycles. The highest BCUT2D eigenvalue weighted by atomic mass is 32.2. The first kappa shape index (κ1) is 20.8. The molecule has 1 rings (SSSR count). The fourth-order valence-corrected chi connectivity index (χ4v) is 3.68. The van der Waals surface area contributed by atoms with Crippen LogP contribution in [0.15, 0.2) is 0 Å². The van der Waals surface area contributed by atoms with Crippen LogP contribution >= 0.6 is 11.8 Å². The zero-order valence-corrected chi connectivity index (χ0v) is 15.5. The largest absolute Gasteiger partial charge is 0.481 e. The lowest BCUT2D eigenvalue weighted by Gasteiger charge is -2.30. The molecule has 2 atom stereocenters. The van der Waals surface area contributed by atoms with Gasteiger partial charge in [-0.1, -0.05) is 13.8 Å². The molecule has 0 aromatic heterocycles. The standard InChI is InChI=1S/C16H28N2O5S/c1-4-14(19)18-11-24-10-13(18)15(20)17(7-6-8-23-5-2)9-12(3)16(21)22/h12-13H,4-11H2,1-3H3,(H,21,22). The number of nitrogens with zero attached hydrogens (tertiary/aromatic N) is 2. The van der Waals surface area contributed by atoms with Crippen LogP contribution in [0.1, 0.15) is 33.6 Å². The van der Waals surface area contributed by atoms with Gasteiger partial charge in [-0.15, -0.1) is 11.8 Å². The summed E-state index contributed by atoms with van der Waals surface area (Å²) in [4.78, 5) is 39.2. The van der Waals surface area contributed by atoms with Crippen LogP contribution in [0.5, 0.6) is 0 Å². The molecule has 1 saturated heterocycles. The Bertz CT molecular complexity index is 446. The van der Waals surface area contributed by atoms with Crippen molar-refractivity contribution < 1.29 is 24.2 Å². The van der Waals surface area contributed by atoms with E-state index in [1.54, 1.807) is 35.4 Å². The summed E-state index contributed by atoms with van der Waals surface area (Å²) in [6, 6.07) is -0.490. The van der Waals surface area contributed by atoms with Gasteiger partial charge in [-0.05, 0) is 13.3 Å². The fourth-order valence-electron chi connectivity index (χ4n) is 2.51. The van der Waals surface area contributed by atoms with E-state index in [9.17, 15) is 14.4 Å². The number of rotatable bonds is 10. The van der Waals surface area contributed by atoms with Gasteiger partial charge < -0.3 is 19.6 Å². The molecule has 0 aliphatic carbocycles. The van der Waals surface area contributed by atoms with Gasteiger partial charge in [0.2, 0.25) is 11.8 Å². The molecule has 1 N–H and O–H groups in total. The van der Waals surface area contributed by atoms with E-state index in [0.717, 1.165) is 0 Å². The third-order valence-electron chi connectivity index (χ3n) is 3.94. The minimum Gasteiger partial charge on any atom is -0.481 e. The Balaban J connectivity index is 2.77. The zero-order valence-electron chi connectivity index (χ0n) is 14.7. The number of thioether (sulfide) groups is 1. The van der Waals surface area contributed by atoms with Crippen molar-refractivity contribution in [3.8, 4) is 0 Å².